The second-order valence-corrected chi connectivity index (χ2v) is 10.5. The fourth-order valence-electron chi connectivity index (χ4n) is 6.21. The van der Waals surface area contributed by atoms with Crippen LogP contribution in [0.3, 0.4) is 0 Å². The molecular weight excluding hydrogens is 439 g/mol. The van der Waals surface area contributed by atoms with Crippen molar-refractivity contribution in [2.24, 2.45) is 17.3 Å². The van der Waals surface area contributed by atoms with E-state index in [0.717, 1.165) is 5.92 Å². The molecule has 0 spiro atoms. The molecule has 0 nitrogen and oxygen atoms in total. The fraction of sp³-hybridized carbons (Fsp3) is 0.538. The highest BCUT2D eigenvalue weighted by Crippen LogP contribution is 2.59. The van der Waals surface area contributed by atoms with E-state index in [1.54, 1.807) is 16.7 Å². The highest BCUT2D eigenvalue weighted by molar-refractivity contribution is 14.1. The molecule has 0 aliphatic heterocycles. The first-order valence-electron chi connectivity index (χ1n) is 10.8. The monoisotopic (exact) mass is 472 g/mol. The SMILES string of the molecule is C=CC1=C(C2C=C3C(CC2)C2=C(CCCC2)C3(C)C)CCC(I)=C1/C=C\C. The Balaban J connectivity index is 1.75. The number of rotatable bonds is 3. The van der Waals surface area contributed by atoms with E-state index < -0.39 is 0 Å². The van der Waals surface area contributed by atoms with Crippen molar-refractivity contribution >= 4 is 22.6 Å². The van der Waals surface area contributed by atoms with Gasteiger partial charge in [-0.25, -0.2) is 0 Å². The van der Waals surface area contributed by atoms with Gasteiger partial charge in [0.15, 0.2) is 0 Å². The minimum Gasteiger partial charge on any atom is -0.0984 e. The third kappa shape index (κ3) is 3.18. The van der Waals surface area contributed by atoms with Gasteiger partial charge in [-0.3, -0.25) is 0 Å². The Hall–Kier alpha value is -0.830. The average Bonchev–Trinajstić information content (AvgIpc) is 2.91. The van der Waals surface area contributed by atoms with Gasteiger partial charge in [-0.05, 0) is 102 Å². The Morgan fingerprint density at radius 3 is 2.56 bits per heavy atom. The molecule has 0 radical (unpaired) electrons. The van der Waals surface area contributed by atoms with Crippen molar-refractivity contribution in [1.29, 1.82) is 0 Å². The van der Waals surface area contributed by atoms with Crippen LogP contribution in [-0.4, -0.2) is 0 Å². The molecule has 0 saturated carbocycles. The van der Waals surface area contributed by atoms with Gasteiger partial charge >= 0.3 is 0 Å². The van der Waals surface area contributed by atoms with Gasteiger partial charge in [0.05, 0.1) is 0 Å². The molecule has 4 rings (SSSR count). The highest BCUT2D eigenvalue weighted by atomic mass is 127. The summed E-state index contributed by atoms with van der Waals surface area (Å²) in [4.78, 5) is 0. The number of hydrogen-bond donors (Lipinski definition) is 0. The van der Waals surface area contributed by atoms with Crippen LogP contribution < -0.4 is 0 Å². The first-order chi connectivity index (χ1) is 13.0. The van der Waals surface area contributed by atoms with Crippen molar-refractivity contribution < 1.29 is 0 Å². The normalized spacial score (nSPS) is 30.6. The zero-order chi connectivity index (χ0) is 19.2. The van der Waals surface area contributed by atoms with Crippen LogP contribution in [-0.2, 0) is 0 Å². The molecule has 4 aliphatic rings. The molecule has 0 aromatic heterocycles. The van der Waals surface area contributed by atoms with Crippen LogP contribution >= 0.6 is 22.6 Å². The van der Waals surface area contributed by atoms with Gasteiger partial charge in [0, 0.05) is 11.3 Å². The summed E-state index contributed by atoms with van der Waals surface area (Å²) < 4.78 is 1.49. The molecule has 0 fully saturated rings. The van der Waals surface area contributed by atoms with E-state index in [2.05, 4.69) is 74.2 Å². The standard InChI is InChI=1S/C26H33I/c1-5-9-22-18(6-2)19(14-15-25(22)27)17-12-13-21-20-10-7-8-11-23(20)26(3,4)24(21)16-17/h5-6,9,16-17,21H,2,7-8,10-15H2,1,3-4H3/b9-5-. The topological polar surface area (TPSA) is 0 Å². The van der Waals surface area contributed by atoms with E-state index in [9.17, 15) is 0 Å². The lowest BCUT2D eigenvalue weighted by Crippen LogP contribution is -2.22. The maximum Gasteiger partial charge on any atom is 0.00731 e. The van der Waals surface area contributed by atoms with Crippen LogP contribution in [0.1, 0.15) is 72.1 Å². The van der Waals surface area contributed by atoms with Gasteiger partial charge < -0.3 is 0 Å². The van der Waals surface area contributed by atoms with E-state index >= 15 is 0 Å². The van der Waals surface area contributed by atoms with E-state index in [0.29, 0.717) is 11.3 Å². The maximum atomic E-state index is 4.19. The molecule has 1 heteroatoms. The van der Waals surface area contributed by atoms with Crippen molar-refractivity contribution in [3.63, 3.8) is 0 Å². The second kappa shape index (κ2) is 7.54. The molecular formula is C26H33I. The lowest BCUT2D eigenvalue weighted by Gasteiger charge is -2.35. The molecule has 2 atom stereocenters. The summed E-state index contributed by atoms with van der Waals surface area (Å²) in [6.07, 6.45) is 19.8. The van der Waals surface area contributed by atoms with Crippen LogP contribution in [0.2, 0.25) is 0 Å². The van der Waals surface area contributed by atoms with Gasteiger partial charge in [-0.15, -0.1) is 0 Å². The summed E-state index contributed by atoms with van der Waals surface area (Å²) in [6, 6.07) is 0. The Morgan fingerprint density at radius 2 is 1.81 bits per heavy atom. The molecule has 4 aliphatic carbocycles. The Kier molecular flexibility index (Phi) is 5.44. The van der Waals surface area contributed by atoms with E-state index in [-0.39, 0.29) is 0 Å². The summed E-state index contributed by atoms with van der Waals surface area (Å²) in [5.74, 6) is 1.36. The van der Waals surface area contributed by atoms with Crippen molar-refractivity contribution in [3.05, 3.63) is 67.9 Å². The Labute approximate surface area is 179 Å². The molecule has 0 N–H and O–H groups in total. The van der Waals surface area contributed by atoms with Gasteiger partial charge in [0.25, 0.3) is 0 Å². The van der Waals surface area contributed by atoms with E-state index in [1.807, 2.05) is 5.57 Å². The first-order valence-corrected chi connectivity index (χ1v) is 11.9. The zero-order valence-electron chi connectivity index (χ0n) is 17.2. The lowest BCUT2D eigenvalue weighted by atomic mass is 9.70. The van der Waals surface area contributed by atoms with Gasteiger partial charge in [0.2, 0.25) is 0 Å². The van der Waals surface area contributed by atoms with Crippen LogP contribution in [0.5, 0.6) is 0 Å². The summed E-state index contributed by atoms with van der Waals surface area (Å²) in [6.45, 7) is 11.3. The third-order valence-corrected chi connectivity index (χ3v) is 8.58. The number of halogens is 1. The van der Waals surface area contributed by atoms with E-state index in [4.69, 9.17) is 0 Å². The second-order valence-electron chi connectivity index (χ2n) is 9.16. The fourth-order valence-corrected chi connectivity index (χ4v) is 6.95. The Morgan fingerprint density at radius 1 is 1.04 bits per heavy atom. The van der Waals surface area contributed by atoms with Crippen molar-refractivity contribution in [1.82, 2.24) is 0 Å². The smallest absolute Gasteiger partial charge is 0.00731 e. The van der Waals surface area contributed by atoms with Crippen LogP contribution in [0.15, 0.2) is 67.9 Å². The van der Waals surface area contributed by atoms with Crippen molar-refractivity contribution in [2.75, 3.05) is 0 Å². The predicted molar refractivity (Wildman–Crippen MR) is 126 cm³/mol. The van der Waals surface area contributed by atoms with Crippen LogP contribution in [0.4, 0.5) is 0 Å². The molecule has 0 aromatic rings. The van der Waals surface area contributed by atoms with Crippen LogP contribution in [0.25, 0.3) is 0 Å². The molecule has 2 unspecified atom stereocenters. The molecule has 0 saturated heterocycles. The maximum absolute atomic E-state index is 4.19. The summed E-state index contributed by atoms with van der Waals surface area (Å²) in [5, 5.41) is 0. The van der Waals surface area contributed by atoms with Crippen molar-refractivity contribution in [3.8, 4) is 0 Å². The highest BCUT2D eigenvalue weighted by Gasteiger charge is 2.45. The van der Waals surface area contributed by atoms with Crippen molar-refractivity contribution in [2.45, 2.75) is 72.1 Å². The molecule has 0 amide bonds. The average molecular weight is 472 g/mol. The third-order valence-electron chi connectivity index (χ3n) is 7.46. The molecule has 0 aromatic carbocycles. The van der Waals surface area contributed by atoms with Gasteiger partial charge in [0.1, 0.15) is 0 Å². The molecule has 27 heavy (non-hydrogen) atoms. The largest absolute Gasteiger partial charge is 0.0984 e. The quantitative estimate of drug-likeness (QED) is 0.286. The summed E-state index contributed by atoms with van der Waals surface area (Å²) in [7, 11) is 0. The molecule has 144 valence electrons. The molecule has 0 heterocycles. The zero-order valence-corrected chi connectivity index (χ0v) is 19.4. The van der Waals surface area contributed by atoms with Gasteiger partial charge in [-0.2, -0.15) is 0 Å². The number of fused-ring (bicyclic) bond motifs is 2. The minimum atomic E-state index is 0.291. The summed E-state index contributed by atoms with van der Waals surface area (Å²) >= 11 is 2.54. The first kappa shape index (κ1) is 19.5. The Bertz CT molecular complexity index is 809. The predicted octanol–water partition coefficient (Wildman–Crippen LogP) is 8.39. The molecule has 0 bridgehead atoms. The number of hydrogen-bond acceptors (Lipinski definition) is 0. The summed E-state index contributed by atoms with van der Waals surface area (Å²) in [5.41, 5.74) is 10.1. The van der Waals surface area contributed by atoms with Crippen LogP contribution in [0, 0.1) is 17.3 Å². The lowest BCUT2D eigenvalue weighted by molar-refractivity contribution is 0.439. The minimum absolute atomic E-state index is 0.291. The van der Waals surface area contributed by atoms with Gasteiger partial charge in [-0.1, -0.05) is 67.0 Å². The number of allylic oxidation sites excluding steroid dienone is 11. The van der Waals surface area contributed by atoms with E-state index in [1.165, 1.54) is 66.1 Å².